The van der Waals surface area contributed by atoms with Gasteiger partial charge in [0.25, 0.3) is 0 Å². The normalized spacial score (nSPS) is 31.2. The van der Waals surface area contributed by atoms with E-state index in [1.165, 1.54) is 45.7 Å². The minimum Gasteiger partial charge on any atom is -0.313 e. The maximum absolute atomic E-state index is 3.54. The molecule has 1 atom stereocenters. The van der Waals surface area contributed by atoms with Crippen LogP contribution in [0.3, 0.4) is 0 Å². The Labute approximate surface area is 93.2 Å². The summed E-state index contributed by atoms with van der Waals surface area (Å²) in [5.41, 5.74) is 0. The lowest BCUT2D eigenvalue weighted by Crippen LogP contribution is -2.52. The number of hydrogen-bond donors (Lipinski definition) is 1. The van der Waals surface area contributed by atoms with Crippen LogP contribution in [0.4, 0.5) is 0 Å². The van der Waals surface area contributed by atoms with E-state index in [9.17, 15) is 0 Å². The van der Waals surface area contributed by atoms with Gasteiger partial charge >= 0.3 is 0 Å². The predicted molar refractivity (Wildman–Crippen MR) is 62.7 cm³/mol. The number of hydrazine groups is 1. The van der Waals surface area contributed by atoms with Gasteiger partial charge in [0.05, 0.1) is 0 Å². The first kappa shape index (κ1) is 11.3. The van der Waals surface area contributed by atoms with E-state index < -0.39 is 0 Å². The molecule has 2 fully saturated rings. The Bertz CT molecular complexity index is 189. The molecule has 1 N–H and O–H groups in total. The molecule has 0 radical (unpaired) electrons. The average Bonchev–Trinajstić information content (AvgIpc) is 2.68. The van der Waals surface area contributed by atoms with E-state index in [0.29, 0.717) is 0 Å². The first-order chi connectivity index (χ1) is 7.29. The second-order valence-electron chi connectivity index (χ2n) is 4.71. The number of nitrogens with one attached hydrogen (secondary N) is 1. The summed E-state index contributed by atoms with van der Waals surface area (Å²) in [6.07, 6.45) is 1.31. The molecule has 0 bridgehead atoms. The summed E-state index contributed by atoms with van der Waals surface area (Å²) in [7, 11) is 2.21. The first-order valence-corrected chi connectivity index (χ1v) is 6.21. The van der Waals surface area contributed by atoms with Gasteiger partial charge in [0, 0.05) is 45.3 Å². The van der Waals surface area contributed by atoms with Crippen molar-refractivity contribution < 1.29 is 0 Å². The van der Waals surface area contributed by atoms with E-state index in [1.54, 1.807) is 0 Å². The third-order valence-electron chi connectivity index (χ3n) is 3.54. The molecule has 4 heteroatoms. The zero-order chi connectivity index (χ0) is 10.7. The number of hydrogen-bond acceptors (Lipinski definition) is 4. The monoisotopic (exact) mass is 212 g/mol. The van der Waals surface area contributed by atoms with Gasteiger partial charge in [-0.05, 0) is 20.0 Å². The van der Waals surface area contributed by atoms with Crippen LogP contribution in [0.5, 0.6) is 0 Å². The molecule has 2 aliphatic heterocycles. The molecule has 88 valence electrons. The third-order valence-corrected chi connectivity index (χ3v) is 3.54. The largest absolute Gasteiger partial charge is 0.313 e. The quantitative estimate of drug-likeness (QED) is 0.701. The average molecular weight is 212 g/mol. The summed E-state index contributed by atoms with van der Waals surface area (Å²) in [4.78, 5) is 2.41. The molecular weight excluding hydrogens is 188 g/mol. The van der Waals surface area contributed by atoms with Gasteiger partial charge in [-0.25, -0.2) is 10.0 Å². The minimum atomic E-state index is 0.717. The molecule has 0 spiro atoms. The van der Waals surface area contributed by atoms with Gasteiger partial charge in [-0.3, -0.25) is 0 Å². The van der Waals surface area contributed by atoms with Gasteiger partial charge in [0.15, 0.2) is 0 Å². The molecule has 2 heterocycles. The van der Waals surface area contributed by atoms with Crippen molar-refractivity contribution in [1.82, 2.24) is 20.2 Å². The van der Waals surface area contributed by atoms with E-state index in [0.717, 1.165) is 12.6 Å². The Morgan fingerprint density at radius 3 is 2.47 bits per heavy atom. The summed E-state index contributed by atoms with van der Waals surface area (Å²) in [5.74, 6) is 0. The zero-order valence-electron chi connectivity index (χ0n) is 10.1. The van der Waals surface area contributed by atoms with Crippen LogP contribution in [0.2, 0.25) is 0 Å². The van der Waals surface area contributed by atoms with E-state index in [1.807, 2.05) is 0 Å². The fourth-order valence-corrected chi connectivity index (χ4v) is 2.53. The van der Waals surface area contributed by atoms with Crippen LogP contribution in [-0.4, -0.2) is 73.8 Å². The Morgan fingerprint density at radius 1 is 1.07 bits per heavy atom. The number of piperazine rings is 1. The summed E-state index contributed by atoms with van der Waals surface area (Å²) in [5, 5.41) is 8.62. The van der Waals surface area contributed by atoms with Gasteiger partial charge in [0.2, 0.25) is 0 Å². The number of nitrogens with zero attached hydrogens (tertiary/aromatic N) is 3. The van der Waals surface area contributed by atoms with E-state index in [2.05, 4.69) is 34.2 Å². The minimum absolute atomic E-state index is 0.717. The summed E-state index contributed by atoms with van der Waals surface area (Å²) in [6.45, 7) is 10.6. The summed E-state index contributed by atoms with van der Waals surface area (Å²) in [6, 6.07) is 0.717. The van der Waals surface area contributed by atoms with Gasteiger partial charge in [-0.2, -0.15) is 0 Å². The number of rotatable bonds is 3. The smallest absolute Gasteiger partial charge is 0.0288 e. The molecule has 15 heavy (non-hydrogen) atoms. The van der Waals surface area contributed by atoms with Crippen LogP contribution in [0, 0.1) is 0 Å². The topological polar surface area (TPSA) is 21.8 Å². The SMILES string of the molecule is CCNC1CCN(N2CCN(C)CC2)C1. The molecule has 0 amide bonds. The molecule has 0 aromatic carbocycles. The van der Waals surface area contributed by atoms with Crippen LogP contribution >= 0.6 is 0 Å². The van der Waals surface area contributed by atoms with Gasteiger partial charge in [0.1, 0.15) is 0 Å². The predicted octanol–water partition coefficient (Wildman–Crippen LogP) is -0.167. The van der Waals surface area contributed by atoms with E-state index in [4.69, 9.17) is 0 Å². The van der Waals surface area contributed by atoms with Crippen molar-refractivity contribution in [3.05, 3.63) is 0 Å². The Morgan fingerprint density at radius 2 is 1.80 bits per heavy atom. The molecule has 2 rings (SSSR count). The lowest BCUT2D eigenvalue weighted by molar-refractivity contribution is -0.0369. The fourth-order valence-electron chi connectivity index (χ4n) is 2.53. The Hall–Kier alpha value is -0.160. The van der Waals surface area contributed by atoms with Crippen LogP contribution < -0.4 is 5.32 Å². The Balaban J connectivity index is 1.75. The molecular formula is C11H24N4. The van der Waals surface area contributed by atoms with Gasteiger partial charge in [-0.1, -0.05) is 6.92 Å². The van der Waals surface area contributed by atoms with Crippen molar-refractivity contribution in [2.75, 3.05) is 52.9 Å². The molecule has 0 aromatic heterocycles. The molecule has 0 saturated carbocycles. The second kappa shape index (κ2) is 5.25. The fraction of sp³-hybridized carbons (Fsp3) is 1.00. The molecule has 2 aliphatic rings. The van der Waals surface area contributed by atoms with E-state index in [-0.39, 0.29) is 0 Å². The third kappa shape index (κ3) is 2.91. The van der Waals surface area contributed by atoms with Crippen molar-refractivity contribution in [3.8, 4) is 0 Å². The highest BCUT2D eigenvalue weighted by Crippen LogP contribution is 2.13. The standard InChI is InChI=1S/C11H24N4/c1-3-12-11-4-5-15(10-11)14-8-6-13(2)7-9-14/h11-12H,3-10H2,1-2H3. The maximum atomic E-state index is 3.54. The molecule has 0 aliphatic carbocycles. The van der Waals surface area contributed by atoms with Crippen molar-refractivity contribution in [3.63, 3.8) is 0 Å². The van der Waals surface area contributed by atoms with Crippen LogP contribution in [-0.2, 0) is 0 Å². The highest BCUT2D eigenvalue weighted by molar-refractivity contribution is 4.81. The Kier molecular flexibility index (Phi) is 3.97. The summed E-state index contributed by atoms with van der Waals surface area (Å²) >= 11 is 0. The molecule has 1 unspecified atom stereocenters. The van der Waals surface area contributed by atoms with Crippen LogP contribution in [0.15, 0.2) is 0 Å². The first-order valence-electron chi connectivity index (χ1n) is 6.21. The van der Waals surface area contributed by atoms with Crippen molar-refractivity contribution in [2.45, 2.75) is 19.4 Å². The molecule has 2 saturated heterocycles. The lowest BCUT2D eigenvalue weighted by Gasteiger charge is -2.38. The van der Waals surface area contributed by atoms with Crippen LogP contribution in [0.1, 0.15) is 13.3 Å². The van der Waals surface area contributed by atoms with Crippen molar-refractivity contribution >= 4 is 0 Å². The van der Waals surface area contributed by atoms with Crippen molar-refractivity contribution in [2.24, 2.45) is 0 Å². The van der Waals surface area contributed by atoms with E-state index >= 15 is 0 Å². The summed E-state index contributed by atoms with van der Waals surface area (Å²) < 4.78 is 0. The maximum Gasteiger partial charge on any atom is 0.0288 e. The highest BCUT2D eigenvalue weighted by atomic mass is 15.6. The van der Waals surface area contributed by atoms with Gasteiger partial charge < -0.3 is 10.2 Å². The lowest BCUT2D eigenvalue weighted by atomic mass is 10.3. The molecule has 4 nitrogen and oxygen atoms in total. The highest BCUT2D eigenvalue weighted by Gasteiger charge is 2.27. The number of likely N-dealkylation sites (N-methyl/N-ethyl adjacent to an activating group) is 2. The zero-order valence-corrected chi connectivity index (χ0v) is 10.1. The second-order valence-corrected chi connectivity index (χ2v) is 4.71. The van der Waals surface area contributed by atoms with Gasteiger partial charge in [-0.15, -0.1) is 0 Å². The van der Waals surface area contributed by atoms with Crippen LogP contribution in [0.25, 0.3) is 0 Å². The van der Waals surface area contributed by atoms with Crippen molar-refractivity contribution in [1.29, 1.82) is 0 Å². The molecule has 0 aromatic rings.